The fourth-order valence-corrected chi connectivity index (χ4v) is 5.18. The minimum Gasteiger partial charge on any atom is -0.405 e. The first-order valence-electron chi connectivity index (χ1n) is 10.8. The molecule has 1 atom stereocenters. The minimum absolute atomic E-state index is 0.144. The molecule has 0 spiro atoms. The molecule has 6 heteroatoms. The average Bonchev–Trinajstić information content (AvgIpc) is 2.80. The second-order valence-corrected chi connectivity index (χ2v) is 9.88. The molecule has 0 saturated carbocycles. The topological polar surface area (TPSA) is 67.5 Å². The number of nitrogens with one attached hydrogen (secondary N) is 1. The summed E-state index contributed by atoms with van der Waals surface area (Å²) in [6, 6.07) is 19.2. The van der Waals surface area contributed by atoms with Crippen molar-refractivity contribution in [1.29, 1.82) is 0 Å². The third-order valence-electron chi connectivity index (χ3n) is 4.74. The van der Waals surface area contributed by atoms with Crippen molar-refractivity contribution in [3.05, 3.63) is 89.3 Å². The summed E-state index contributed by atoms with van der Waals surface area (Å²) in [7, 11) is 0.571. The number of ether oxygens (including phenoxy) is 1. The molecule has 0 fully saturated rings. The van der Waals surface area contributed by atoms with Crippen molar-refractivity contribution in [2.75, 3.05) is 25.6 Å². The maximum absolute atomic E-state index is 9.04. The van der Waals surface area contributed by atoms with E-state index in [0.717, 1.165) is 35.4 Å². The molecule has 0 amide bonds. The summed E-state index contributed by atoms with van der Waals surface area (Å²) in [4.78, 5) is 0. The standard InChI is InChI=1S/C25H35N2O2PS/c1-21-12-14-23(15-13-21)24(20-29-18-7-17-28)25(11-5-16-26)27-30-31-19-6-10-22-8-3-2-4-9-22/h2-5,8-9,12-16,27-28,30H,6-7,10-11,17-20,26H2,1H3/b16-5-,25-24-. The summed E-state index contributed by atoms with van der Waals surface area (Å²) in [6.45, 7) is 3.29. The van der Waals surface area contributed by atoms with Gasteiger partial charge in [0.1, 0.15) is 0 Å². The number of aryl methyl sites for hydroxylation is 2. The van der Waals surface area contributed by atoms with E-state index in [-0.39, 0.29) is 6.61 Å². The molecule has 0 bridgehead atoms. The van der Waals surface area contributed by atoms with Gasteiger partial charge < -0.3 is 20.7 Å². The van der Waals surface area contributed by atoms with Gasteiger partial charge in [-0.2, -0.15) is 0 Å². The Kier molecular flexibility index (Phi) is 13.1. The van der Waals surface area contributed by atoms with E-state index in [9.17, 15) is 0 Å². The van der Waals surface area contributed by atoms with E-state index >= 15 is 0 Å². The smallest absolute Gasteiger partial charge is 0.0739 e. The Balaban J connectivity index is 1.98. The van der Waals surface area contributed by atoms with Crippen LogP contribution in [0.25, 0.3) is 5.57 Å². The van der Waals surface area contributed by atoms with Gasteiger partial charge in [0, 0.05) is 38.8 Å². The van der Waals surface area contributed by atoms with E-state index in [4.69, 9.17) is 15.6 Å². The predicted octanol–water partition coefficient (Wildman–Crippen LogP) is 5.43. The van der Waals surface area contributed by atoms with E-state index in [1.165, 1.54) is 17.5 Å². The number of aliphatic hydroxyl groups is 1. The Labute approximate surface area is 192 Å². The highest BCUT2D eigenvalue weighted by atomic mass is 32.7. The molecule has 0 aromatic heterocycles. The zero-order chi connectivity index (χ0) is 22.2. The Hall–Kier alpha value is -1.78. The van der Waals surface area contributed by atoms with Crippen LogP contribution >= 0.6 is 19.3 Å². The third-order valence-corrected chi connectivity index (χ3v) is 7.14. The number of allylic oxidation sites excluding steroid dienone is 1. The van der Waals surface area contributed by atoms with Crippen molar-refractivity contribution in [2.24, 2.45) is 5.73 Å². The Morgan fingerprint density at radius 3 is 2.61 bits per heavy atom. The molecule has 4 N–H and O–H groups in total. The second kappa shape index (κ2) is 15.9. The molecule has 2 rings (SSSR count). The van der Waals surface area contributed by atoms with Gasteiger partial charge in [0.05, 0.1) is 6.61 Å². The largest absolute Gasteiger partial charge is 0.405 e. The van der Waals surface area contributed by atoms with Gasteiger partial charge in [0.2, 0.25) is 0 Å². The summed E-state index contributed by atoms with van der Waals surface area (Å²) in [5, 5.41) is 12.7. The molecule has 31 heavy (non-hydrogen) atoms. The van der Waals surface area contributed by atoms with Crippen LogP contribution in [0.1, 0.15) is 36.0 Å². The quantitative estimate of drug-likeness (QED) is 0.245. The number of aliphatic hydroxyl groups excluding tert-OH is 1. The summed E-state index contributed by atoms with van der Waals surface area (Å²) in [5.74, 6) is 1.12. The predicted molar refractivity (Wildman–Crippen MR) is 137 cm³/mol. The number of hydrogen-bond acceptors (Lipinski definition) is 5. The maximum Gasteiger partial charge on any atom is 0.0739 e. The highest BCUT2D eigenvalue weighted by Crippen LogP contribution is 2.31. The van der Waals surface area contributed by atoms with Gasteiger partial charge in [0.15, 0.2) is 0 Å². The zero-order valence-corrected chi connectivity index (χ0v) is 20.2. The lowest BCUT2D eigenvalue weighted by Gasteiger charge is -2.17. The Morgan fingerprint density at radius 1 is 1.13 bits per heavy atom. The molecular weight excluding hydrogens is 423 g/mol. The van der Waals surface area contributed by atoms with Crippen LogP contribution in [0.4, 0.5) is 0 Å². The normalized spacial score (nSPS) is 12.6. The second-order valence-electron chi connectivity index (χ2n) is 7.25. The molecule has 2 aromatic carbocycles. The summed E-state index contributed by atoms with van der Waals surface area (Å²) >= 11 is 1.93. The maximum atomic E-state index is 9.04. The van der Waals surface area contributed by atoms with Gasteiger partial charge in [-0.25, -0.2) is 0 Å². The first-order valence-corrected chi connectivity index (χ1v) is 13.5. The monoisotopic (exact) mass is 458 g/mol. The average molecular weight is 459 g/mol. The van der Waals surface area contributed by atoms with Gasteiger partial charge in [-0.15, -0.1) is 11.4 Å². The first kappa shape index (κ1) is 25.5. The van der Waals surface area contributed by atoms with Crippen LogP contribution in [0.3, 0.4) is 0 Å². The van der Waals surface area contributed by atoms with Crippen LogP contribution in [-0.2, 0) is 11.2 Å². The van der Waals surface area contributed by atoms with Crippen LogP contribution in [0, 0.1) is 6.92 Å². The van der Waals surface area contributed by atoms with Crippen molar-refractivity contribution in [2.45, 2.75) is 32.6 Å². The van der Waals surface area contributed by atoms with E-state index in [1.54, 1.807) is 6.20 Å². The number of benzene rings is 2. The molecule has 1 unspecified atom stereocenters. The molecule has 0 radical (unpaired) electrons. The molecule has 0 aliphatic rings. The van der Waals surface area contributed by atoms with E-state index in [2.05, 4.69) is 66.6 Å². The Morgan fingerprint density at radius 2 is 1.90 bits per heavy atom. The van der Waals surface area contributed by atoms with Crippen LogP contribution < -0.4 is 10.8 Å². The van der Waals surface area contributed by atoms with Crippen molar-refractivity contribution in [3.8, 4) is 0 Å². The molecule has 2 aromatic rings. The zero-order valence-electron chi connectivity index (χ0n) is 18.3. The number of rotatable bonds is 15. The third kappa shape index (κ3) is 10.4. The van der Waals surface area contributed by atoms with Crippen molar-refractivity contribution in [1.82, 2.24) is 5.09 Å². The van der Waals surface area contributed by atoms with Crippen molar-refractivity contribution < 1.29 is 9.84 Å². The lowest BCUT2D eigenvalue weighted by molar-refractivity contribution is 0.142. The van der Waals surface area contributed by atoms with E-state index in [1.807, 2.05) is 17.5 Å². The van der Waals surface area contributed by atoms with Gasteiger partial charge in [-0.3, -0.25) is 0 Å². The number of hydrogen-bond donors (Lipinski definition) is 3. The fourth-order valence-electron chi connectivity index (χ4n) is 3.02. The van der Waals surface area contributed by atoms with Crippen LogP contribution in [0.5, 0.6) is 0 Å². The van der Waals surface area contributed by atoms with E-state index in [0.29, 0.717) is 27.6 Å². The van der Waals surface area contributed by atoms with Crippen LogP contribution in [0.15, 0.2) is 72.6 Å². The van der Waals surface area contributed by atoms with Crippen molar-refractivity contribution >= 4 is 24.9 Å². The summed E-state index contributed by atoms with van der Waals surface area (Å²) in [5.41, 5.74) is 11.7. The molecule has 0 heterocycles. The SMILES string of the molecule is Cc1ccc(/C(COCCCO)=C(/C/C=C\N)NPSCCCc2ccccc2)cc1. The van der Waals surface area contributed by atoms with Crippen LogP contribution in [-0.4, -0.2) is 30.7 Å². The molecule has 4 nitrogen and oxygen atoms in total. The Bertz CT molecular complexity index is 795. The molecule has 0 aliphatic carbocycles. The van der Waals surface area contributed by atoms with Gasteiger partial charge in [0.25, 0.3) is 0 Å². The van der Waals surface area contributed by atoms with E-state index < -0.39 is 0 Å². The number of nitrogens with two attached hydrogens (primary N) is 1. The molecule has 168 valence electrons. The van der Waals surface area contributed by atoms with Crippen molar-refractivity contribution in [3.63, 3.8) is 0 Å². The fraction of sp³-hybridized carbons (Fsp3) is 0.360. The minimum atomic E-state index is 0.144. The molecule has 0 aliphatic heterocycles. The highest BCUT2D eigenvalue weighted by molar-refractivity contribution is 8.49. The van der Waals surface area contributed by atoms with Gasteiger partial charge in [-0.1, -0.05) is 66.2 Å². The first-order chi connectivity index (χ1) is 15.2. The molecular formula is C25H35N2O2PS. The summed E-state index contributed by atoms with van der Waals surface area (Å²) < 4.78 is 5.86. The lowest BCUT2D eigenvalue weighted by atomic mass is 10.0. The van der Waals surface area contributed by atoms with Gasteiger partial charge in [-0.05, 0) is 49.3 Å². The van der Waals surface area contributed by atoms with Crippen LogP contribution in [0.2, 0.25) is 0 Å². The molecule has 0 saturated heterocycles. The highest BCUT2D eigenvalue weighted by Gasteiger charge is 2.10. The lowest BCUT2D eigenvalue weighted by Crippen LogP contribution is -2.10. The van der Waals surface area contributed by atoms with Gasteiger partial charge >= 0.3 is 0 Å². The summed E-state index contributed by atoms with van der Waals surface area (Å²) in [6.07, 6.45) is 7.22.